The molecule has 1 aromatic heterocycles. The van der Waals surface area contributed by atoms with Crippen LogP contribution in [0.5, 0.6) is 0 Å². The molecule has 5 N–H and O–H groups in total. The number of carboxylic acid groups (broad SMARTS) is 1. The van der Waals surface area contributed by atoms with Gasteiger partial charge in [0.05, 0.1) is 12.1 Å². The number of fused-ring (bicyclic) bond motifs is 3. The summed E-state index contributed by atoms with van der Waals surface area (Å²) >= 11 is 0. The number of carbonyl (C=O) groups is 6. The molecular weight excluding hydrogens is 837 g/mol. The van der Waals surface area contributed by atoms with Gasteiger partial charge in [-0.05, 0) is 57.2 Å². The molecule has 5 atom stereocenters. The summed E-state index contributed by atoms with van der Waals surface area (Å²) in [6.45, 7) is 9.73. The maximum atomic E-state index is 13.8. The number of amides is 3. The number of hydrogen-bond acceptors (Lipinski definition) is 13. The van der Waals surface area contributed by atoms with Crippen LogP contribution in [0, 0.1) is 11.8 Å². The molecule has 17 heteroatoms. The van der Waals surface area contributed by atoms with E-state index in [1.807, 2.05) is 27.7 Å². The lowest BCUT2D eigenvalue weighted by atomic mass is 9.94. The zero-order valence-corrected chi connectivity index (χ0v) is 39.0. The second-order valence-corrected chi connectivity index (χ2v) is 17.0. The first kappa shape index (κ1) is 53.8. The summed E-state index contributed by atoms with van der Waals surface area (Å²) in [6, 6.07) is -2.18. The van der Waals surface area contributed by atoms with Gasteiger partial charge in [-0.25, -0.2) is 14.6 Å². The molecule has 1 aromatic rings. The summed E-state index contributed by atoms with van der Waals surface area (Å²) in [5.41, 5.74) is 6.39. The predicted octanol–water partition coefficient (Wildman–Crippen LogP) is 6.28. The van der Waals surface area contributed by atoms with Crippen LogP contribution >= 0.6 is 0 Å². The molecule has 3 heterocycles. The largest absolute Gasteiger partial charge is 0.480 e. The third-order valence-corrected chi connectivity index (χ3v) is 11.0. The van der Waals surface area contributed by atoms with Crippen LogP contribution in [-0.4, -0.2) is 107 Å². The number of aliphatic carboxylic acids is 1. The highest BCUT2D eigenvalue weighted by molar-refractivity contribution is 5.96. The van der Waals surface area contributed by atoms with E-state index in [1.165, 1.54) is 49.3 Å². The minimum atomic E-state index is -1.20. The van der Waals surface area contributed by atoms with Crippen molar-refractivity contribution in [2.24, 2.45) is 22.7 Å². The van der Waals surface area contributed by atoms with E-state index in [0.29, 0.717) is 31.4 Å². The number of carbonyl (C=O) groups excluding carboxylic acids is 5. The van der Waals surface area contributed by atoms with Gasteiger partial charge in [-0.15, -0.1) is 0 Å². The molecule has 0 radical (unpaired) electrons. The first-order valence-corrected chi connectivity index (χ1v) is 23.2. The van der Waals surface area contributed by atoms with Crippen molar-refractivity contribution < 1.29 is 52.6 Å². The Morgan fingerprint density at radius 1 is 1.02 bits per heavy atom. The number of ether oxygens (including phenoxy) is 2. The van der Waals surface area contributed by atoms with Crippen molar-refractivity contribution in [3.8, 4) is 0 Å². The quantitative estimate of drug-likeness (QED) is 0.0460. The van der Waals surface area contributed by atoms with Crippen molar-refractivity contribution in [1.29, 1.82) is 0 Å². The Labute approximate surface area is 383 Å². The number of rotatable bonds is 21. The molecule has 5 unspecified atom stereocenters. The number of unbranched alkanes of at least 4 members (excludes halogenated alkanes) is 9. The molecule has 0 saturated heterocycles. The number of oxazole rings is 1. The lowest BCUT2D eigenvalue weighted by Crippen LogP contribution is -2.44. The Morgan fingerprint density at radius 3 is 2.43 bits per heavy atom. The zero-order valence-electron chi connectivity index (χ0n) is 39.0. The van der Waals surface area contributed by atoms with Gasteiger partial charge in [0.2, 0.25) is 11.8 Å². The standard InChI is InChI=1S/C48H72N6O11/c1-6-7-8-9-10-11-12-13-14-22-44(57)64-37-28-34(4)19-17-26-50-41(55)24-23-35(5)45(33(2)3)65-48(61)40-21-18-27-54(40)46(58)39-31-62-43(52-39)30-36(29-37)53-63-32-42(56)51-38(47(59)60)20-15-16-25-49/h17-19,21,23-24,28,31,33,35,37-38,40,45H,6-16,20,22,25-27,29-30,32,49H2,1-5H3,(H,50,55)(H,51,56)(H,59,60)/b19-17+,24-23-,34-28-,53-36-. The average Bonchev–Trinajstić information content (AvgIpc) is 3.95. The van der Waals surface area contributed by atoms with Gasteiger partial charge in [0.15, 0.2) is 12.3 Å². The van der Waals surface area contributed by atoms with Crippen LogP contribution in [0.2, 0.25) is 0 Å². The summed E-state index contributed by atoms with van der Waals surface area (Å²) in [5.74, 6) is -4.29. The van der Waals surface area contributed by atoms with E-state index in [4.69, 9.17) is 24.5 Å². The number of cyclic esters (lactones) is 1. The fraction of sp³-hybridized carbons (Fsp3) is 0.625. The Hall–Kier alpha value is -5.58. The molecule has 0 saturated carbocycles. The second-order valence-electron chi connectivity index (χ2n) is 17.0. The molecule has 2 aliphatic rings. The van der Waals surface area contributed by atoms with Gasteiger partial charge in [0, 0.05) is 31.8 Å². The van der Waals surface area contributed by atoms with E-state index in [1.54, 1.807) is 36.5 Å². The number of hydrogen-bond donors (Lipinski definition) is 4. The molecule has 0 spiro atoms. The Kier molecular flexibility index (Phi) is 24.6. The molecule has 2 aliphatic heterocycles. The van der Waals surface area contributed by atoms with Crippen LogP contribution in [0.3, 0.4) is 0 Å². The Morgan fingerprint density at radius 2 is 1.74 bits per heavy atom. The van der Waals surface area contributed by atoms with Crippen molar-refractivity contribution in [3.63, 3.8) is 0 Å². The molecule has 17 nitrogen and oxygen atoms in total. The van der Waals surface area contributed by atoms with Gasteiger partial charge in [-0.3, -0.25) is 19.2 Å². The highest BCUT2D eigenvalue weighted by atomic mass is 16.6. The van der Waals surface area contributed by atoms with E-state index >= 15 is 0 Å². The molecule has 0 aliphatic carbocycles. The van der Waals surface area contributed by atoms with Crippen molar-refractivity contribution in [1.82, 2.24) is 20.5 Å². The summed E-state index contributed by atoms with van der Waals surface area (Å²) in [6.07, 6.45) is 22.4. The van der Waals surface area contributed by atoms with Gasteiger partial charge in [-0.2, -0.15) is 0 Å². The number of nitrogens with two attached hydrogens (primary N) is 1. The normalized spacial score (nSPS) is 22.9. The minimum absolute atomic E-state index is 0.0422. The third kappa shape index (κ3) is 20.4. The number of esters is 2. The van der Waals surface area contributed by atoms with Crippen LogP contribution in [-0.2, 0) is 44.7 Å². The number of carboxylic acids is 1. The molecule has 0 aromatic carbocycles. The van der Waals surface area contributed by atoms with Gasteiger partial charge >= 0.3 is 17.9 Å². The number of allylic oxidation sites excluding steroid dienone is 2. The van der Waals surface area contributed by atoms with Crippen molar-refractivity contribution in [3.05, 3.63) is 66.0 Å². The smallest absolute Gasteiger partial charge is 0.333 e. The average molecular weight is 909 g/mol. The van der Waals surface area contributed by atoms with Gasteiger partial charge in [0.1, 0.15) is 30.6 Å². The minimum Gasteiger partial charge on any atom is -0.480 e. The van der Waals surface area contributed by atoms with E-state index in [9.17, 15) is 33.9 Å². The SMILES string of the molecule is CCCCCCCCCCCC(=O)OC1/C=C(C)\C=C\CNC(=O)/C=C\C(C)C(C(C)C)OC(=O)C2C=CCN2C(=O)c2coc(n2)C/C(=N\OCC(=O)NC(CCCCN)C(=O)O)C1. The molecule has 360 valence electrons. The van der Waals surface area contributed by atoms with Gasteiger partial charge < -0.3 is 45.1 Å². The second kappa shape index (κ2) is 29.8. The molecule has 65 heavy (non-hydrogen) atoms. The first-order chi connectivity index (χ1) is 31.2. The monoisotopic (exact) mass is 909 g/mol. The predicted molar refractivity (Wildman–Crippen MR) is 245 cm³/mol. The number of aromatic nitrogens is 1. The summed E-state index contributed by atoms with van der Waals surface area (Å²) in [7, 11) is 0. The molecule has 3 rings (SSSR count). The maximum absolute atomic E-state index is 13.8. The molecule has 0 fully saturated rings. The highest BCUT2D eigenvalue weighted by Crippen LogP contribution is 2.23. The zero-order chi connectivity index (χ0) is 47.6. The fourth-order valence-electron chi connectivity index (χ4n) is 7.45. The molecule has 2 bridgehead atoms. The van der Waals surface area contributed by atoms with Gasteiger partial charge in [-0.1, -0.05) is 120 Å². The lowest BCUT2D eigenvalue weighted by Gasteiger charge is -2.29. The van der Waals surface area contributed by atoms with E-state index in [0.717, 1.165) is 19.3 Å². The topological polar surface area (TPSA) is 242 Å². The van der Waals surface area contributed by atoms with E-state index < -0.39 is 60.6 Å². The molecular formula is C48H72N6O11. The summed E-state index contributed by atoms with van der Waals surface area (Å²) in [5, 5.41) is 19.1. The van der Waals surface area contributed by atoms with Crippen molar-refractivity contribution in [2.45, 2.75) is 155 Å². The van der Waals surface area contributed by atoms with E-state index in [-0.39, 0.29) is 73.8 Å². The molecule has 3 amide bonds. The maximum Gasteiger partial charge on any atom is 0.333 e. The summed E-state index contributed by atoms with van der Waals surface area (Å²) in [4.78, 5) is 89.3. The fourth-order valence-corrected chi connectivity index (χ4v) is 7.45. The van der Waals surface area contributed by atoms with Crippen molar-refractivity contribution >= 4 is 41.3 Å². The van der Waals surface area contributed by atoms with Crippen LogP contribution in [0.25, 0.3) is 0 Å². The van der Waals surface area contributed by atoms with Crippen LogP contribution in [0.4, 0.5) is 0 Å². The Balaban J connectivity index is 1.93. The Bertz CT molecular complexity index is 1850. The van der Waals surface area contributed by atoms with Crippen LogP contribution in [0.15, 0.2) is 63.9 Å². The third-order valence-electron chi connectivity index (χ3n) is 11.0. The number of oxime groups is 1. The van der Waals surface area contributed by atoms with E-state index in [2.05, 4.69) is 27.7 Å². The van der Waals surface area contributed by atoms with Crippen LogP contribution in [0.1, 0.15) is 141 Å². The summed E-state index contributed by atoms with van der Waals surface area (Å²) < 4.78 is 17.7. The highest BCUT2D eigenvalue weighted by Gasteiger charge is 2.36. The number of nitrogens with zero attached hydrogens (tertiary/aromatic N) is 3. The first-order valence-electron chi connectivity index (χ1n) is 23.2. The van der Waals surface area contributed by atoms with Gasteiger partial charge in [0.25, 0.3) is 11.8 Å². The number of nitrogens with one attached hydrogen (secondary N) is 2. The van der Waals surface area contributed by atoms with Crippen LogP contribution < -0.4 is 16.4 Å². The lowest BCUT2D eigenvalue weighted by molar-refractivity contribution is -0.156. The van der Waals surface area contributed by atoms with Crippen molar-refractivity contribution in [2.75, 3.05) is 26.2 Å².